The predicted octanol–water partition coefficient (Wildman–Crippen LogP) is 2.06. The van der Waals surface area contributed by atoms with Gasteiger partial charge in [0.15, 0.2) is 18.2 Å². The Kier molecular flexibility index (Phi) is 6.05. The van der Waals surface area contributed by atoms with Crippen molar-refractivity contribution in [2.75, 3.05) is 13.2 Å². The van der Waals surface area contributed by atoms with Crippen LogP contribution >= 0.6 is 0 Å². The molecule has 0 radical (unpaired) electrons. The minimum atomic E-state index is -0.873. The number of ether oxygens (including phenoxy) is 1. The highest BCUT2D eigenvalue weighted by molar-refractivity contribution is 5.77. The molecule has 0 saturated carbocycles. The summed E-state index contributed by atoms with van der Waals surface area (Å²) in [5, 5.41) is 12.3. The summed E-state index contributed by atoms with van der Waals surface area (Å²) in [6.45, 7) is -0.358. The van der Waals surface area contributed by atoms with Crippen molar-refractivity contribution in [3.05, 3.63) is 65.7 Å². The normalized spacial score (nSPS) is 11.8. The van der Waals surface area contributed by atoms with Crippen molar-refractivity contribution in [2.24, 2.45) is 0 Å². The average Bonchev–Trinajstić information content (AvgIpc) is 2.53. The number of aliphatic hydroxyl groups is 1. The molecule has 122 valence electrons. The molecule has 4 nitrogen and oxygen atoms in total. The predicted molar refractivity (Wildman–Crippen MR) is 81.0 cm³/mol. The van der Waals surface area contributed by atoms with E-state index in [0.717, 1.165) is 17.7 Å². The minimum absolute atomic E-state index is 0.0585. The number of carbonyl (C=O) groups is 1. The highest BCUT2D eigenvalue weighted by Crippen LogP contribution is 2.17. The Morgan fingerprint density at radius 3 is 2.61 bits per heavy atom. The number of aliphatic hydroxyl groups excluding tert-OH is 1. The van der Waals surface area contributed by atoms with Crippen molar-refractivity contribution in [1.82, 2.24) is 5.32 Å². The van der Waals surface area contributed by atoms with Crippen LogP contribution in [0.3, 0.4) is 0 Å². The van der Waals surface area contributed by atoms with Crippen molar-refractivity contribution in [1.29, 1.82) is 0 Å². The zero-order valence-corrected chi connectivity index (χ0v) is 12.3. The number of amides is 1. The van der Waals surface area contributed by atoms with Gasteiger partial charge < -0.3 is 15.2 Å². The van der Waals surface area contributed by atoms with Gasteiger partial charge in [-0.1, -0.05) is 30.3 Å². The summed E-state index contributed by atoms with van der Waals surface area (Å²) in [6.07, 6.45) is -0.321. The molecule has 1 amide bonds. The average molecular weight is 321 g/mol. The van der Waals surface area contributed by atoms with E-state index in [9.17, 15) is 18.7 Å². The van der Waals surface area contributed by atoms with Gasteiger partial charge >= 0.3 is 0 Å². The number of rotatable bonds is 7. The molecule has 1 atom stereocenters. The summed E-state index contributed by atoms with van der Waals surface area (Å²) in [7, 11) is 0. The molecule has 2 N–H and O–H groups in total. The second-order valence-electron chi connectivity index (χ2n) is 5.01. The van der Waals surface area contributed by atoms with Gasteiger partial charge in [0.2, 0.25) is 0 Å². The first-order valence-corrected chi connectivity index (χ1v) is 7.11. The Morgan fingerprint density at radius 1 is 1.17 bits per heavy atom. The summed E-state index contributed by atoms with van der Waals surface area (Å²) in [4.78, 5) is 11.6. The molecule has 0 aliphatic rings. The van der Waals surface area contributed by atoms with Gasteiger partial charge in [-0.15, -0.1) is 0 Å². The number of nitrogens with one attached hydrogen (secondary N) is 1. The van der Waals surface area contributed by atoms with Crippen LogP contribution in [0.25, 0.3) is 0 Å². The molecule has 0 aliphatic carbocycles. The van der Waals surface area contributed by atoms with Crippen LogP contribution in [-0.4, -0.2) is 30.3 Å². The van der Waals surface area contributed by atoms with Crippen LogP contribution in [0.2, 0.25) is 0 Å². The van der Waals surface area contributed by atoms with Gasteiger partial charge in [0.25, 0.3) is 5.91 Å². The van der Waals surface area contributed by atoms with Crippen LogP contribution in [0.4, 0.5) is 8.78 Å². The van der Waals surface area contributed by atoms with E-state index in [-0.39, 0.29) is 12.3 Å². The van der Waals surface area contributed by atoms with Crippen LogP contribution in [0.5, 0.6) is 5.75 Å². The third kappa shape index (κ3) is 5.67. The maximum atomic E-state index is 13.3. The topological polar surface area (TPSA) is 58.6 Å². The number of hydrogen-bond acceptors (Lipinski definition) is 3. The molecule has 2 rings (SSSR count). The molecule has 0 aliphatic heterocycles. The Hall–Kier alpha value is -2.47. The Bertz CT molecular complexity index is 650. The summed E-state index contributed by atoms with van der Waals surface area (Å²) in [5.41, 5.74) is 0.957. The van der Waals surface area contributed by atoms with E-state index in [2.05, 4.69) is 5.32 Å². The van der Waals surface area contributed by atoms with E-state index in [1.54, 1.807) is 0 Å². The number of benzene rings is 2. The molecule has 6 heteroatoms. The van der Waals surface area contributed by atoms with Crippen LogP contribution in [0.15, 0.2) is 48.5 Å². The number of hydrogen-bond donors (Lipinski definition) is 2. The van der Waals surface area contributed by atoms with Gasteiger partial charge in [-0.3, -0.25) is 4.79 Å². The van der Waals surface area contributed by atoms with Crippen molar-refractivity contribution >= 4 is 5.91 Å². The van der Waals surface area contributed by atoms with Gasteiger partial charge in [0, 0.05) is 19.0 Å². The molecule has 0 saturated heterocycles. The fraction of sp³-hybridized carbons (Fsp3) is 0.235. The second-order valence-corrected chi connectivity index (χ2v) is 5.01. The van der Waals surface area contributed by atoms with E-state index in [4.69, 9.17) is 4.74 Å². The Balaban J connectivity index is 1.72. The summed E-state index contributed by atoms with van der Waals surface area (Å²) >= 11 is 0. The van der Waals surface area contributed by atoms with Crippen LogP contribution in [-0.2, 0) is 11.2 Å². The lowest BCUT2D eigenvalue weighted by Gasteiger charge is -2.12. The second kappa shape index (κ2) is 8.24. The van der Waals surface area contributed by atoms with Gasteiger partial charge in [-0.25, -0.2) is 8.78 Å². The lowest BCUT2D eigenvalue weighted by atomic mass is 10.1. The van der Waals surface area contributed by atoms with Crippen molar-refractivity contribution in [3.63, 3.8) is 0 Å². The molecule has 0 bridgehead atoms. The largest absolute Gasteiger partial charge is 0.481 e. The third-order valence-electron chi connectivity index (χ3n) is 3.10. The molecule has 0 fully saturated rings. The van der Waals surface area contributed by atoms with E-state index in [0.29, 0.717) is 12.5 Å². The summed E-state index contributed by atoms with van der Waals surface area (Å²) in [6, 6.07) is 12.2. The van der Waals surface area contributed by atoms with Crippen molar-refractivity contribution in [2.45, 2.75) is 12.5 Å². The monoisotopic (exact) mass is 321 g/mol. The zero-order valence-electron chi connectivity index (χ0n) is 12.3. The van der Waals surface area contributed by atoms with Gasteiger partial charge in [0.05, 0.1) is 6.10 Å². The Labute approximate surface area is 132 Å². The van der Waals surface area contributed by atoms with Crippen LogP contribution in [0.1, 0.15) is 5.56 Å². The van der Waals surface area contributed by atoms with Gasteiger partial charge in [-0.2, -0.15) is 0 Å². The molecule has 0 unspecified atom stereocenters. The summed E-state index contributed by atoms with van der Waals surface area (Å²) < 4.78 is 31.0. The third-order valence-corrected chi connectivity index (χ3v) is 3.10. The fourth-order valence-electron chi connectivity index (χ4n) is 1.98. The molecule has 2 aromatic carbocycles. The highest BCUT2D eigenvalue weighted by Gasteiger charge is 2.10. The standard InChI is InChI=1S/C17H17F2NO3/c18-13-6-7-16(15(19)9-13)23-11-17(22)20-10-14(21)8-12-4-2-1-3-5-12/h1-7,9,14,21H,8,10-11H2,(H,20,22)/t14-/m1/s1. The molecule has 23 heavy (non-hydrogen) atoms. The van der Waals surface area contributed by atoms with E-state index >= 15 is 0 Å². The highest BCUT2D eigenvalue weighted by atomic mass is 19.1. The maximum absolute atomic E-state index is 13.3. The van der Waals surface area contributed by atoms with E-state index in [1.807, 2.05) is 30.3 Å². The molecule has 0 aromatic heterocycles. The first-order valence-electron chi connectivity index (χ1n) is 7.11. The Morgan fingerprint density at radius 2 is 1.91 bits per heavy atom. The SMILES string of the molecule is O=C(COc1ccc(F)cc1F)NC[C@H](O)Cc1ccccc1. The first kappa shape index (κ1) is 16.9. The summed E-state index contributed by atoms with van der Waals surface area (Å²) in [5.74, 6) is -2.29. The van der Waals surface area contributed by atoms with Gasteiger partial charge in [0.1, 0.15) is 5.82 Å². The van der Waals surface area contributed by atoms with Crippen LogP contribution < -0.4 is 10.1 Å². The zero-order chi connectivity index (χ0) is 16.7. The number of halogens is 2. The quantitative estimate of drug-likeness (QED) is 0.821. The molecular weight excluding hydrogens is 304 g/mol. The van der Waals surface area contributed by atoms with Crippen LogP contribution in [0, 0.1) is 11.6 Å². The van der Waals surface area contributed by atoms with Crippen molar-refractivity contribution < 1.29 is 23.4 Å². The molecular formula is C17H17F2NO3. The molecule has 2 aromatic rings. The van der Waals surface area contributed by atoms with Crippen molar-refractivity contribution in [3.8, 4) is 5.75 Å². The fourth-order valence-corrected chi connectivity index (χ4v) is 1.98. The van der Waals surface area contributed by atoms with E-state index in [1.165, 1.54) is 0 Å². The maximum Gasteiger partial charge on any atom is 0.258 e. The lowest BCUT2D eigenvalue weighted by Crippen LogP contribution is -2.36. The van der Waals surface area contributed by atoms with Gasteiger partial charge in [-0.05, 0) is 17.7 Å². The lowest BCUT2D eigenvalue weighted by molar-refractivity contribution is -0.123. The smallest absolute Gasteiger partial charge is 0.258 e. The van der Waals surface area contributed by atoms with E-state index < -0.39 is 30.3 Å². The minimum Gasteiger partial charge on any atom is -0.481 e. The molecule has 0 heterocycles. The first-order chi connectivity index (χ1) is 11.0. The molecule has 0 spiro atoms. The number of carbonyl (C=O) groups excluding carboxylic acids is 1.